The molecular formula is C22H24FN3O6. The average molecular weight is 445 g/mol. The van der Waals surface area contributed by atoms with E-state index < -0.39 is 28.2 Å². The first-order chi connectivity index (χ1) is 15.1. The first-order valence-corrected chi connectivity index (χ1v) is 9.59. The average Bonchev–Trinajstić information content (AvgIpc) is 2.75. The van der Waals surface area contributed by atoms with Crippen LogP contribution in [0.2, 0.25) is 0 Å². The molecule has 0 aliphatic carbocycles. The van der Waals surface area contributed by atoms with Crippen molar-refractivity contribution in [3.05, 3.63) is 69.2 Å². The van der Waals surface area contributed by atoms with E-state index in [1.54, 1.807) is 45.3 Å². The van der Waals surface area contributed by atoms with Gasteiger partial charge in [0, 0.05) is 37.6 Å². The number of Topliss-reactive ketones (excluding diaryl/α,β-unsaturated/α-hetero) is 1. The van der Waals surface area contributed by atoms with Gasteiger partial charge in [-0.1, -0.05) is 0 Å². The smallest absolute Gasteiger partial charge is 0.343 e. The molecule has 0 fully saturated rings. The first-order valence-electron chi connectivity index (χ1n) is 9.59. The second-order valence-corrected chi connectivity index (χ2v) is 6.92. The number of nitrogens with zero attached hydrogens (tertiary/aromatic N) is 2. The normalized spacial score (nSPS) is 11.0. The highest BCUT2D eigenvalue weighted by atomic mass is 19.1. The zero-order valence-electron chi connectivity index (χ0n) is 18.4. The van der Waals surface area contributed by atoms with Gasteiger partial charge in [0.15, 0.2) is 0 Å². The van der Waals surface area contributed by atoms with Crippen molar-refractivity contribution in [2.75, 3.05) is 33.1 Å². The Kier molecular flexibility index (Phi) is 7.89. The predicted octanol–water partition coefficient (Wildman–Crippen LogP) is 3.99. The van der Waals surface area contributed by atoms with Gasteiger partial charge in [-0.15, -0.1) is 0 Å². The lowest BCUT2D eigenvalue weighted by atomic mass is 9.97. The Morgan fingerprint density at radius 1 is 1.25 bits per heavy atom. The van der Waals surface area contributed by atoms with Crippen molar-refractivity contribution < 1.29 is 28.4 Å². The zero-order chi connectivity index (χ0) is 24.0. The number of ether oxygens (including phenoxy) is 2. The molecule has 0 amide bonds. The maximum atomic E-state index is 14.7. The van der Waals surface area contributed by atoms with Crippen molar-refractivity contribution in [3.8, 4) is 5.75 Å². The van der Waals surface area contributed by atoms with Crippen LogP contribution in [0.25, 0.3) is 0 Å². The molecule has 0 bridgehead atoms. The van der Waals surface area contributed by atoms with Crippen LogP contribution < -0.4 is 10.1 Å². The standard InChI is InChI=1S/C22H24FN3O6/c1-6-32-22(28)17(12-25(3)4)21(27)16-11-18(26(29)30)19(23)13(2)20(16)24-14-7-9-15(31-5)10-8-14/h7-12,24H,6H2,1-5H3/b17-12+. The number of halogens is 1. The van der Waals surface area contributed by atoms with Gasteiger partial charge in [-0.25, -0.2) is 4.79 Å². The number of anilines is 2. The number of nitrogens with one attached hydrogen (secondary N) is 1. The van der Waals surface area contributed by atoms with Crippen LogP contribution in [0.15, 0.2) is 42.1 Å². The SMILES string of the molecule is CCOC(=O)/C(=C/N(C)C)C(=O)c1cc([N+](=O)[O-])c(F)c(C)c1Nc1ccc(OC)cc1. The number of nitro benzene ring substituents is 1. The third kappa shape index (κ3) is 5.39. The summed E-state index contributed by atoms with van der Waals surface area (Å²) in [6, 6.07) is 7.38. The Labute approximate surface area is 184 Å². The minimum atomic E-state index is -1.09. The number of nitro groups is 1. The second-order valence-electron chi connectivity index (χ2n) is 6.92. The Balaban J connectivity index is 2.70. The molecule has 2 aromatic rings. The first kappa shape index (κ1) is 24.3. The number of carbonyl (C=O) groups excluding carboxylic acids is 2. The fraction of sp³-hybridized carbons (Fsp3) is 0.273. The molecule has 10 heteroatoms. The van der Waals surface area contributed by atoms with E-state index >= 15 is 0 Å². The highest BCUT2D eigenvalue weighted by molar-refractivity contribution is 6.26. The van der Waals surface area contributed by atoms with Gasteiger partial charge in [-0.05, 0) is 38.1 Å². The van der Waals surface area contributed by atoms with Crippen LogP contribution in [0.1, 0.15) is 22.8 Å². The van der Waals surface area contributed by atoms with E-state index in [1.807, 2.05) is 0 Å². The Hall–Kier alpha value is -3.95. The van der Waals surface area contributed by atoms with E-state index in [4.69, 9.17) is 9.47 Å². The van der Waals surface area contributed by atoms with Crippen molar-refractivity contribution in [1.29, 1.82) is 0 Å². The molecule has 2 aromatic carbocycles. The van der Waals surface area contributed by atoms with Gasteiger partial charge in [0.1, 0.15) is 11.3 Å². The number of methoxy groups -OCH3 is 1. The quantitative estimate of drug-likeness (QED) is 0.117. The van der Waals surface area contributed by atoms with Crippen molar-refractivity contribution >= 4 is 28.8 Å². The Morgan fingerprint density at radius 2 is 1.88 bits per heavy atom. The van der Waals surface area contributed by atoms with Gasteiger partial charge in [0.2, 0.25) is 11.6 Å². The number of carbonyl (C=O) groups is 2. The molecule has 32 heavy (non-hydrogen) atoms. The lowest BCUT2D eigenvalue weighted by Gasteiger charge is -2.17. The molecule has 0 aliphatic heterocycles. The number of esters is 1. The van der Waals surface area contributed by atoms with Crippen LogP contribution in [-0.4, -0.2) is 49.4 Å². The van der Waals surface area contributed by atoms with Crippen molar-refractivity contribution in [1.82, 2.24) is 4.90 Å². The molecule has 1 N–H and O–H groups in total. The number of hydrogen-bond donors (Lipinski definition) is 1. The summed E-state index contributed by atoms with van der Waals surface area (Å²) in [5.74, 6) is -2.25. The number of hydrogen-bond acceptors (Lipinski definition) is 8. The van der Waals surface area contributed by atoms with Gasteiger partial charge in [-0.2, -0.15) is 4.39 Å². The highest BCUT2D eigenvalue weighted by Gasteiger charge is 2.30. The summed E-state index contributed by atoms with van der Waals surface area (Å²) >= 11 is 0. The maximum Gasteiger partial charge on any atom is 0.343 e. The monoisotopic (exact) mass is 445 g/mol. The van der Waals surface area contributed by atoms with Crippen LogP contribution in [-0.2, 0) is 9.53 Å². The van der Waals surface area contributed by atoms with Crippen LogP contribution in [0.5, 0.6) is 5.75 Å². The van der Waals surface area contributed by atoms with Crippen LogP contribution >= 0.6 is 0 Å². The minimum absolute atomic E-state index is 0.00257. The minimum Gasteiger partial charge on any atom is -0.497 e. The summed E-state index contributed by atoms with van der Waals surface area (Å²) in [6.45, 7) is 2.92. The molecule has 0 radical (unpaired) electrons. The fourth-order valence-electron chi connectivity index (χ4n) is 2.88. The number of ketones is 1. The summed E-state index contributed by atoms with van der Waals surface area (Å²) in [4.78, 5) is 37.7. The summed E-state index contributed by atoms with van der Waals surface area (Å²) in [5.41, 5.74) is -1.14. The lowest BCUT2D eigenvalue weighted by Crippen LogP contribution is -2.21. The Bertz CT molecular complexity index is 1060. The molecule has 0 saturated heterocycles. The van der Waals surface area contributed by atoms with Crippen LogP contribution in [0, 0.1) is 22.9 Å². The number of rotatable bonds is 9. The van der Waals surface area contributed by atoms with E-state index in [1.165, 1.54) is 25.1 Å². The van der Waals surface area contributed by atoms with E-state index in [2.05, 4.69) is 5.32 Å². The molecule has 170 valence electrons. The fourth-order valence-corrected chi connectivity index (χ4v) is 2.88. The highest BCUT2D eigenvalue weighted by Crippen LogP contribution is 2.34. The van der Waals surface area contributed by atoms with E-state index in [0.717, 1.165) is 6.07 Å². The van der Waals surface area contributed by atoms with Gasteiger partial charge < -0.3 is 19.7 Å². The van der Waals surface area contributed by atoms with Crippen molar-refractivity contribution in [2.45, 2.75) is 13.8 Å². The molecule has 0 unspecified atom stereocenters. The molecule has 0 saturated carbocycles. The van der Waals surface area contributed by atoms with Gasteiger partial charge >= 0.3 is 11.7 Å². The molecule has 0 aliphatic rings. The predicted molar refractivity (Wildman–Crippen MR) is 117 cm³/mol. The molecule has 0 aromatic heterocycles. The maximum absolute atomic E-state index is 14.7. The zero-order valence-corrected chi connectivity index (χ0v) is 18.4. The van der Waals surface area contributed by atoms with Crippen LogP contribution in [0.3, 0.4) is 0 Å². The molecular weight excluding hydrogens is 421 g/mol. The van der Waals surface area contributed by atoms with E-state index in [9.17, 15) is 24.1 Å². The molecule has 0 atom stereocenters. The molecule has 9 nitrogen and oxygen atoms in total. The summed E-state index contributed by atoms with van der Waals surface area (Å²) in [5, 5.41) is 14.3. The topological polar surface area (TPSA) is 111 Å². The second kappa shape index (κ2) is 10.4. The molecule has 0 heterocycles. The molecule has 0 spiro atoms. The third-order valence-corrected chi connectivity index (χ3v) is 4.41. The lowest BCUT2D eigenvalue weighted by molar-refractivity contribution is -0.387. The van der Waals surface area contributed by atoms with E-state index in [0.29, 0.717) is 11.4 Å². The third-order valence-electron chi connectivity index (χ3n) is 4.41. The summed E-state index contributed by atoms with van der Waals surface area (Å²) < 4.78 is 24.8. The van der Waals surface area contributed by atoms with Gasteiger partial charge in [0.25, 0.3) is 0 Å². The molecule has 2 rings (SSSR count). The van der Waals surface area contributed by atoms with Gasteiger partial charge in [0.05, 0.1) is 29.9 Å². The largest absolute Gasteiger partial charge is 0.497 e. The van der Waals surface area contributed by atoms with Crippen molar-refractivity contribution in [3.63, 3.8) is 0 Å². The van der Waals surface area contributed by atoms with Crippen molar-refractivity contribution in [2.24, 2.45) is 0 Å². The van der Waals surface area contributed by atoms with E-state index in [-0.39, 0.29) is 29.0 Å². The Morgan fingerprint density at radius 3 is 2.38 bits per heavy atom. The summed E-state index contributed by atoms with van der Waals surface area (Å²) in [6.07, 6.45) is 1.25. The van der Waals surface area contributed by atoms with Gasteiger partial charge in [-0.3, -0.25) is 14.9 Å². The van der Waals surface area contributed by atoms with Crippen LogP contribution in [0.4, 0.5) is 21.5 Å². The summed E-state index contributed by atoms with van der Waals surface area (Å²) in [7, 11) is 4.70. The number of benzene rings is 2.